The number of nitro benzene ring substituents is 1. The molecule has 0 atom stereocenters. The van der Waals surface area contributed by atoms with Crippen LogP contribution in [0.25, 0.3) is 0 Å². The van der Waals surface area contributed by atoms with E-state index >= 15 is 0 Å². The summed E-state index contributed by atoms with van der Waals surface area (Å²) in [7, 11) is 0. The maximum absolute atomic E-state index is 13.0. The number of carbonyl (C=O) groups is 1. The van der Waals surface area contributed by atoms with Gasteiger partial charge in [0.2, 0.25) is 0 Å². The van der Waals surface area contributed by atoms with E-state index < -0.39 is 22.3 Å². The summed E-state index contributed by atoms with van der Waals surface area (Å²) in [4.78, 5) is 21.7. The number of hydrogen-bond acceptors (Lipinski definition) is 3. The number of allylic oxidation sites excluding steroid dienone is 1. The van der Waals surface area contributed by atoms with Crippen LogP contribution in [0, 0.1) is 15.9 Å². The smallest absolute Gasteiger partial charge is 0.282 e. The molecule has 1 aromatic carbocycles. The summed E-state index contributed by atoms with van der Waals surface area (Å²) in [5.74, 6) is -1.35. The van der Waals surface area contributed by atoms with Crippen LogP contribution >= 0.6 is 0 Å². The molecule has 0 aliphatic heterocycles. The van der Waals surface area contributed by atoms with E-state index in [0.29, 0.717) is 0 Å². The van der Waals surface area contributed by atoms with Crippen LogP contribution in [-0.2, 0) is 0 Å². The molecule has 18 heavy (non-hydrogen) atoms. The van der Waals surface area contributed by atoms with Gasteiger partial charge in [-0.1, -0.05) is 11.6 Å². The first-order valence-electron chi connectivity index (χ1n) is 5.27. The number of rotatable bonds is 4. The normalized spacial score (nSPS) is 9.72. The van der Waals surface area contributed by atoms with E-state index in [9.17, 15) is 19.3 Å². The van der Waals surface area contributed by atoms with Crippen LogP contribution in [0.3, 0.4) is 0 Å². The first-order chi connectivity index (χ1) is 8.41. The van der Waals surface area contributed by atoms with Gasteiger partial charge in [-0.2, -0.15) is 0 Å². The molecule has 0 fully saturated rings. The molecule has 96 valence electrons. The molecule has 6 heteroatoms. The molecule has 5 nitrogen and oxygen atoms in total. The molecule has 0 unspecified atom stereocenters. The minimum absolute atomic E-state index is 0.245. The molecule has 0 saturated carbocycles. The first-order valence-corrected chi connectivity index (χ1v) is 5.27. The molecule has 0 aliphatic carbocycles. The number of halogens is 1. The van der Waals surface area contributed by atoms with Crippen LogP contribution in [0.2, 0.25) is 0 Å². The van der Waals surface area contributed by atoms with Gasteiger partial charge < -0.3 is 5.32 Å². The number of nitrogens with one attached hydrogen (secondary N) is 1. The molecule has 0 radical (unpaired) electrons. The van der Waals surface area contributed by atoms with E-state index in [1.54, 1.807) is 6.08 Å². The highest BCUT2D eigenvalue weighted by Gasteiger charge is 2.20. The quantitative estimate of drug-likeness (QED) is 0.508. The summed E-state index contributed by atoms with van der Waals surface area (Å²) in [6.45, 7) is 3.96. The lowest BCUT2D eigenvalue weighted by Crippen LogP contribution is -2.24. The minimum Gasteiger partial charge on any atom is -0.348 e. The SMILES string of the molecule is CC(C)=CCNC(=O)c1cc(F)ccc1[N+](=O)[O-]. The lowest BCUT2D eigenvalue weighted by molar-refractivity contribution is -0.385. The van der Waals surface area contributed by atoms with Crippen LogP contribution in [0.4, 0.5) is 10.1 Å². The molecule has 0 aromatic heterocycles. The van der Waals surface area contributed by atoms with Crippen molar-refractivity contribution in [3.63, 3.8) is 0 Å². The van der Waals surface area contributed by atoms with Gasteiger partial charge in [0.05, 0.1) is 4.92 Å². The van der Waals surface area contributed by atoms with E-state index in [0.717, 1.165) is 23.8 Å². The average Bonchev–Trinajstić information content (AvgIpc) is 2.27. The lowest BCUT2D eigenvalue weighted by atomic mass is 10.1. The Bertz CT molecular complexity index is 508. The number of amides is 1. The largest absolute Gasteiger partial charge is 0.348 e. The highest BCUT2D eigenvalue weighted by atomic mass is 19.1. The Morgan fingerprint density at radius 2 is 2.17 bits per heavy atom. The third-order valence-electron chi connectivity index (χ3n) is 2.17. The zero-order valence-electron chi connectivity index (χ0n) is 10.1. The molecular weight excluding hydrogens is 239 g/mol. The lowest BCUT2D eigenvalue weighted by Gasteiger charge is -2.04. The maximum atomic E-state index is 13.0. The standard InChI is InChI=1S/C12H13FN2O3/c1-8(2)5-6-14-12(16)10-7-9(13)3-4-11(10)15(17)18/h3-5,7H,6H2,1-2H3,(H,14,16). The number of nitro groups is 1. The fourth-order valence-electron chi connectivity index (χ4n) is 1.29. The molecule has 0 heterocycles. The highest BCUT2D eigenvalue weighted by molar-refractivity contribution is 5.98. The highest BCUT2D eigenvalue weighted by Crippen LogP contribution is 2.19. The van der Waals surface area contributed by atoms with Crippen molar-refractivity contribution in [3.05, 3.63) is 51.3 Å². The Morgan fingerprint density at radius 3 is 2.72 bits per heavy atom. The van der Waals surface area contributed by atoms with Gasteiger partial charge in [0, 0.05) is 12.6 Å². The Morgan fingerprint density at radius 1 is 1.50 bits per heavy atom. The van der Waals surface area contributed by atoms with Crippen LogP contribution < -0.4 is 5.32 Å². The van der Waals surface area contributed by atoms with Crippen molar-refractivity contribution in [2.45, 2.75) is 13.8 Å². The number of carbonyl (C=O) groups excluding carboxylic acids is 1. The second-order valence-electron chi connectivity index (χ2n) is 3.91. The minimum atomic E-state index is -0.713. The maximum Gasteiger partial charge on any atom is 0.282 e. The third-order valence-corrected chi connectivity index (χ3v) is 2.17. The van der Waals surface area contributed by atoms with Gasteiger partial charge in [0.15, 0.2) is 0 Å². The van der Waals surface area contributed by atoms with Crippen LogP contribution in [-0.4, -0.2) is 17.4 Å². The molecule has 1 aromatic rings. The van der Waals surface area contributed by atoms with Crippen molar-refractivity contribution in [1.82, 2.24) is 5.32 Å². The van der Waals surface area contributed by atoms with Crippen LogP contribution in [0.1, 0.15) is 24.2 Å². The summed E-state index contributed by atoms with van der Waals surface area (Å²) in [6.07, 6.45) is 1.75. The van der Waals surface area contributed by atoms with E-state index in [4.69, 9.17) is 0 Å². The van der Waals surface area contributed by atoms with E-state index in [1.807, 2.05) is 13.8 Å². The zero-order chi connectivity index (χ0) is 13.7. The van der Waals surface area contributed by atoms with Gasteiger partial charge in [-0.15, -0.1) is 0 Å². The van der Waals surface area contributed by atoms with Gasteiger partial charge in [-0.3, -0.25) is 14.9 Å². The Balaban J connectivity index is 2.93. The summed E-state index contributed by atoms with van der Waals surface area (Å²) in [5.41, 5.74) is 0.317. The van der Waals surface area contributed by atoms with Gasteiger partial charge in [-0.25, -0.2) is 4.39 Å². The van der Waals surface area contributed by atoms with Crippen molar-refractivity contribution in [3.8, 4) is 0 Å². The topological polar surface area (TPSA) is 72.2 Å². The molecule has 0 saturated heterocycles. The summed E-state index contributed by atoms with van der Waals surface area (Å²) in [5, 5.41) is 13.2. The molecular formula is C12H13FN2O3. The average molecular weight is 252 g/mol. The van der Waals surface area contributed by atoms with Gasteiger partial charge in [-0.05, 0) is 26.0 Å². The number of nitrogens with zero attached hydrogens (tertiary/aromatic N) is 1. The molecule has 1 N–H and O–H groups in total. The fourth-order valence-corrected chi connectivity index (χ4v) is 1.29. The van der Waals surface area contributed by atoms with Crippen LogP contribution in [0.15, 0.2) is 29.8 Å². The van der Waals surface area contributed by atoms with E-state index in [2.05, 4.69) is 5.32 Å². The number of benzene rings is 1. The summed E-state index contributed by atoms with van der Waals surface area (Å²) < 4.78 is 13.0. The van der Waals surface area contributed by atoms with Crippen molar-refractivity contribution < 1.29 is 14.1 Å². The first kappa shape index (κ1) is 13.8. The van der Waals surface area contributed by atoms with Crippen molar-refractivity contribution in [2.75, 3.05) is 6.54 Å². The number of hydrogen-bond donors (Lipinski definition) is 1. The zero-order valence-corrected chi connectivity index (χ0v) is 10.1. The molecule has 0 bridgehead atoms. The van der Waals surface area contributed by atoms with Crippen molar-refractivity contribution in [2.24, 2.45) is 0 Å². The second-order valence-corrected chi connectivity index (χ2v) is 3.91. The Labute approximate surface area is 103 Å². The third kappa shape index (κ3) is 3.65. The molecule has 1 rings (SSSR count). The van der Waals surface area contributed by atoms with E-state index in [1.165, 1.54) is 0 Å². The predicted octanol–water partition coefficient (Wildman–Crippen LogP) is 2.43. The molecule has 1 amide bonds. The Kier molecular flexibility index (Phi) is 4.53. The van der Waals surface area contributed by atoms with Crippen molar-refractivity contribution in [1.29, 1.82) is 0 Å². The van der Waals surface area contributed by atoms with Gasteiger partial charge >= 0.3 is 0 Å². The summed E-state index contributed by atoms with van der Waals surface area (Å²) in [6, 6.07) is 2.78. The van der Waals surface area contributed by atoms with Gasteiger partial charge in [0.25, 0.3) is 11.6 Å². The predicted molar refractivity (Wildman–Crippen MR) is 64.8 cm³/mol. The monoisotopic (exact) mass is 252 g/mol. The summed E-state index contributed by atoms with van der Waals surface area (Å²) >= 11 is 0. The molecule has 0 aliphatic rings. The second kappa shape index (κ2) is 5.90. The van der Waals surface area contributed by atoms with Crippen molar-refractivity contribution >= 4 is 11.6 Å². The Hall–Kier alpha value is -2.24. The van der Waals surface area contributed by atoms with Gasteiger partial charge in [0.1, 0.15) is 11.4 Å². The van der Waals surface area contributed by atoms with E-state index in [-0.39, 0.29) is 12.1 Å². The molecule has 0 spiro atoms. The fraction of sp³-hybridized carbons (Fsp3) is 0.250. The van der Waals surface area contributed by atoms with Crippen LogP contribution in [0.5, 0.6) is 0 Å².